The zero-order valence-corrected chi connectivity index (χ0v) is 7.94. The number of nitrogens with zero attached hydrogens (tertiary/aromatic N) is 1. The molecule has 0 atom stereocenters. The Morgan fingerprint density at radius 2 is 2.00 bits per heavy atom. The van der Waals surface area contributed by atoms with E-state index in [2.05, 4.69) is 6.92 Å². The summed E-state index contributed by atoms with van der Waals surface area (Å²) in [4.78, 5) is 10.1. The highest BCUT2D eigenvalue weighted by Crippen LogP contribution is 2.35. The van der Waals surface area contributed by atoms with Crippen LogP contribution in [0.4, 0.5) is 5.69 Å². The fourth-order valence-electron chi connectivity index (χ4n) is 1.16. The van der Waals surface area contributed by atoms with E-state index >= 15 is 0 Å². The van der Waals surface area contributed by atoms with Crippen LogP contribution < -0.4 is 9.47 Å². The normalized spacial score (nSPS) is 9.64. The van der Waals surface area contributed by atoms with Crippen molar-refractivity contribution >= 4 is 5.69 Å². The van der Waals surface area contributed by atoms with Gasteiger partial charge in [-0.2, -0.15) is 0 Å². The van der Waals surface area contributed by atoms with Crippen molar-refractivity contribution in [1.82, 2.24) is 0 Å². The lowest BCUT2D eigenvalue weighted by atomic mass is 10.1. The molecule has 0 spiro atoms. The third kappa shape index (κ3) is 1.61. The summed E-state index contributed by atoms with van der Waals surface area (Å²) in [7, 11) is 2.83. The maximum atomic E-state index is 10.6. The van der Waals surface area contributed by atoms with Crippen molar-refractivity contribution in [3.05, 3.63) is 34.7 Å². The van der Waals surface area contributed by atoms with Crippen LogP contribution in [-0.2, 0) is 0 Å². The first-order chi connectivity index (χ1) is 6.61. The molecule has 1 aromatic rings. The molecule has 0 aliphatic carbocycles. The lowest BCUT2D eigenvalue weighted by Crippen LogP contribution is -1.97. The third-order valence-electron chi connectivity index (χ3n) is 1.82. The molecule has 1 aromatic carbocycles. The van der Waals surface area contributed by atoms with Gasteiger partial charge in [0.15, 0.2) is 0 Å². The number of ether oxygens (including phenoxy) is 2. The number of hydrogen-bond acceptors (Lipinski definition) is 4. The molecule has 0 heterocycles. The minimum Gasteiger partial charge on any atom is -0.496 e. The van der Waals surface area contributed by atoms with Gasteiger partial charge in [-0.15, -0.1) is 0 Å². The summed E-state index contributed by atoms with van der Waals surface area (Å²) in [5.74, 6) is 0.599. The van der Waals surface area contributed by atoms with Crippen molar-refractivity contribution < 1.29 is 14.4 Å². The van der Waals surface area contributed by atoms with Crippen LogP contribution in [0.15, 0.2) is 12.1 Å². The topological polar surface area (TPSA) is 61.6 Å². The molecule has 14 heavy (non-hydrogen) atoms. The maximum absolute atomic E-state index is 10.6. The first-order valence-electron chi connectivity index (χ1n) is 3.83. The van der Waals surface area contributed by atoms with Gasteiger partial charge in [-0.05, 0) is 13.0 Å². The predicted octanol–water partition coefficient (Wildman–Crippen LogP) is 1.79. The average molecular weight is 196 g/mol. The molecule has 0 saturated carbocycles. The van der Waals surface area contributed by atoms with Gasteiger partial charge in [0.1, 0.15) is 5.75 Å². The Morgan fingerprint density at radius 3 is 2.43 bits per heavy atom. The number of nitro groups is 1. The van der Waals surface area contributed by atoms with E-state index in [0.29, 0.717) is 11.3 Å². The van der Waals surface area contributed by atoms with Crippen LogP contribution in [0.25, 0.3) is 0 Å². The van der Waals surface area contributed by atoms with Gasteiger partial charge in [0.2, 0.25) is 5.75 Å². The molecule has 75 valence electrons. The molecule has 0 fully saturated rings. The van der Waals surface area contributed by atoms with E-state index in [4.69, 9.17) is 9.47 Å². The van der Waals surface area contributed by atoms with Crippen molar-refractivity contribution in [1.29, 1.82) is 0 Å². The minimum absolute atomic E-state index is 0.113. The van der Waals surface area contributed by atoms with Crippen LogP contribution in [0.2, 0.25) is 0 Å². The van der Waals surface area contributed by atoms with Gasteiger partial charge in [-0.1, -0.05) is 0 Å². The first-order valence-corrected chi connectivity index (χ1v) is 3.83. The SMILES string of the molecule is [CH2]c1c(OC)ccc([N+](=O)[O-])c1OC. The fraction of sp³-hybridized carbons (Fsp3) is 0.222. The van der Waals surface area contributed by atoms with Crippen LogP contribution >= 0.6 is 0 Å². The molecule has 0 aromatic heterocycles. The Balaban J connectivity index is 3.35. The molecule has 0 amide bonds. The van der Waals surface area contributed by atoms with Crippen LogP contribution in [0, 0.1) is 17.0 Å². The number of nitro benzene ring substituents is 1. The Bertz CT molecular complexity index is 362. The van der Waals surface area contributed by atoms with Gasteiger partial charge in [0.25, 0.3) is 0 Å². The second kappa shape index (κ2) is 3.95. The summed E-state index contributed by atoms with van der Waals surface area (Å²) in [6.07, 6.45) is 0. The van der Waals surface area contributed by atoms with Crippen molar-refractivity contribution in [2.75, 3.05) is 14.2 Å². The fourth-order valence-corrected chi connectivity index (χ4v) is 1.16. The highest BCUT2D eigenvalue weighted by atomic mass is 16.6. The molecule has 0 N–H and O–H groups in total. The summed E-state index contributed by atoms with van der Waals surface area (Å²) in [6.45, 7) is 3.65. The molecule has 0 aliphatic heterocycles. The number of benzene rings is 1. The van der Waals surface area contributed by atoms with Crippen molar-refractivity contribution in [3.63, 3.8) is 0 Å². The summed E-state index contributed by atoms with van der Waals surface area (Å²) < 4.78 is 9.85. The summed E-state index contributed by atoms with van der Waals surface area (Å²) in [6, 6.07) is 2.81. The van der Waals surface area contributed by atoms with Gasteiger partial charge >= 0.3 is 5.69 Å². The zero-order valence-electron chi connectivity index (χ0n) is 7.94. The lowest BCUT2D eigenvalue weighted by Gasteiger charge is -2.08. The standard InChI is InChI=1S/C9H10NO4/c1-6-8(13-2)5-4-7(10(11)12)9(6)14-3/h4-5H,1H2,2-3H3. The highest BCUT2D eigenvalue weighted by Gasteiger charge is 2.19. The molecular weight excluding hydrogens is 186 g/mol. The Labute approximate surface area is 81.4 Å². The van der Waals surface area contributed by atoms with Gasteiger partial charge < -0.3 is 9.47 Å². The zero-order chi connectivity index (χ0) is 10.7. The molecule has 5 heteroatoms. The van der Waals surface area contributed by atoms with Crippen molar-refractivity contribution in [2.45, 2.75) is 0 Å². The smallest absolute Gasteiger partial charge is 0.311 e. The Morgan fingerprint density at radius 1 is 1.36 bits per heavy atom. The van der Waals surface area contributed by atoms with Crippen LogP contribution in [0.5, 0.6) is 11.5 Å². The molecule has 0 bridgehead atoms. The van der Waals surface area contributed by atoms with Gasteiger partial charge in [-0.3, -0.25) is 10.1 Å². The van der Waals surface area contributed by atoms with E-state index in [0.717, 1.165) is 0 Å². The van der Waals surface area contributed by atoms with Crippen LogP contribution in [0.3, 0.4) is 0 Å². The summed E-state index contributed by atoms with van der Waals surface area (Å²) in [5.41, 5.74) is 0.266. The molecule has 5 nitrogen and oxygen atoms in total. The van der Waals surface area contributed by atoms with E-state index in [1.165, 1.54) is 26.4 Å². The predicted molar refractivity (Wildman–Crippen MR) is 50.7 cm³/mol. The first kappa shape index (κ1) is 10.3. The van der Waals surface area contributed by atoms with Gasteiger partial charge in [0.05, 0.1) is 19.1 Å². The quantitative estimate of drug-likeness (QED) is 0.546. The maximum Gasteiger partial charge on any atom is 0.311 e. The van der Waals surface area contributed by atoms with Gasteiger partial charge in [0, 0.05) is 11.6 Å². The van der Waals surface area contributed by atoms with E-state index in [9.17, 15) is 10.1 Å². The van der Waals surface area contributed by atoms with Crippen LogP contribution in [-0.4, -0.2) is 19.1 Å². The molecule has 1 radical (unpaired) electrons. The second-order valence-corrected chi connectivity index (χ2v) is 2.56. The summed E-state index contributed by atoms with van der Waals surface area (Å²) >= 11 is 0. The van der Waals surface area contributed by atoms with Gasteiger partial charge in [-0.25, -0.2) is 0 Å². The van der Waals surface area contributed by atoms with Crippen molar-refractivity contribution in [2.24, 2.45) is 0 Å². The van der Waals surface area contributed by atoms with E-state index in [1.807, 2.05) is 0 Å². The van der Waals surface area contributed by atoms with E-state index in [-0.39, 0.29) is 11.4 Å². The molecule has 0 unspecified atom stereocenters. The lowest BCUT2D eigenvalue weighted by molar-refractivity contribution is -0.385. The second-order valence-electron chi connectivity index (χ2n) is 2.56. The molecule has 0 saturated heterocycles. The Hall–Kier alpha value is -1.78. The van der Waals surface area contributed by atoms with E-state index < -0.39 is 4.92 Å². The highest BCUT2D eigenvalue weighted by molar-refractivity contribution is 5.58. The average Bonchev–Trinajstić information content (AvgIpc) is 2.17. The number of methoxy groups -OCH3 is 2. The van der Waals surface area contributed by atoms with Crippen molar-refractivity contribution in [3.8, 4) is 11.5 Å². The summed E-state index contributed by atoms with van der Waals surface area (Å²) in [5, 5.41) is 10.6. The number of hydrogen-bond donors (Lipinski definition) is 0. The molecule has 0 aliphatic rings. The third-order valence-corrected chi connectivity index (χ3v) is 1.82. The monoisotopic (exact) mass is 196 g/mol. The minimum atomic E-state index is -0.521. The van der Waals surface area contributed by atoms with Crippen LogP contribution in [0.1, 0.15) is 5.56 Å². The molecular formula is C9H10NO4. The van der Waals surface area contributed by atoms with E-state index in [1.54, 1.807) is 0 Å². The Kier molecular flexibility index (Phi) is 2.91. The molecule has 1 rings (SSSR count). The largest absolute Gasteiger partial charge is 0.496 e. The number of rotatable bonds is 3.